The van der Waals surface area contributed by atoms with Crippen molar-refractivity contribution in [2.24, 2.45) is 0 Å². The molecule has 0 rings (SSSR count). The van der Waals surface area contributed by atoms with Gasteiger partial charge >= 0.3 is 59.1 Å². The fourth-order valence-electron chi connectivity index (χ4n) is 0. The van der Waals surface area contributed by atoms with Gasteiger partial charge in [0.25, 0.3) is 9.05 Å². The Morgan fingerprint density at radius 1 is 1.33 bits per heavy atom. The van der Waals surface area contributed by atoms with Crippen molar-refractivity contribution >= 4 is 33.7 Å². The van der Waals surface area contributed by atoms with Gasteiger partial charge in [-0.3, -0.25) is 9.11 Å². The van der Waals surface area contributed by atoms with E-state index in [0.29, 0.717) is 0 Å². The molecule has 9 heteroatoms. The molecule has 0 bridgehead atoms. The first-order chi connectivity index (χ1) is 2.00. The van der Waals surface area contributed by atoms with Crippen molar-refractivity contribution in [1.82, 2.24) is 0 Å². The van der Waals surface area contributed by atoms with E-state index in [1.165, 1.54) is 0 Å². The first-order valence-corrected chi connectivity index (χ1v) is 3.10. The van der Waals surface area contributed by atoms with Crippen LogP contribution in [0.2, 0.25) is 0 Å². The van der Waals surface area contributed by atoms with E-state index < -0.39 is 9.05 Å². The van der Waals surface area contributed by atoms with Crippen LogP contribution in [0.4, 0.5) is 0 Å². The monoisotopic (exact) mass is 214 g/mol. The number of hydrogen-bond acceptors (Lipinski definition) is 2. The molecule has 0 aliphatic carbocycles. The maximum absolute atomic E-state index is 9.11. The van der Waals surface area contributed by atoms with Crippen molar-refractivity contribution in [3.63, 3.8) is 0 Å². The zero-order valence-electron chi connectivity index (χ0n) is 7.12. The Morgan fingerprint density at radius 2 is 1.33 bits per heavy atom. The van der Waals surface area contributed by atoms with Crippen molar-refractivity contribution in [3.8, 4) is 0 Å². The van der Waals surface area contributed by atoms with Gasteiger partial charge in [0.2, 0.25) is 0 Å². The van der Waals surface area contributed by atoms with Gasteiger partial charge in [-0.05, 0) is 0 Å². The molecular weight excluding hydrogens is 206 g/mol. The molecule has 9 heavy (non-hydrogen) atoms. The predicted octanol–water partition coefficient (Wildman–Crippen LogP) is -6.80. The molecule has 0 spiro atoms. The molecule has 0 atom stereocenters. The molecule has 0 aromatic heterocycles. The molecule has 4 N–H and O–H groups in total. The van der Waals surface area contributed by atoms with Gasteiger partial charge in [-0.1, -0.05) is 0 Å². The zero-order chi connectivity index (χ0) is 4.50. The normalized spacial score (nSPS) is 6.44. The van der Waals surface area contributed by atoms with Crippen LogP contribution in [0.25, 0.3) is 0 Å². The molecule has 0 heterocycles. The largest absolute Gasteiger partial charge is 1.00 e. The molecule has 0 saturated heterocycles. The van der Waals surface area contributed by atoms with Crippen LogP contribution in [0.15, 0.2) is 0 Å². The van der Waals surface area contributed by atoms with Gasteiger partial charge in [-0.2, -0.15) is 17.7 Å². The summed E-state index contributed by atoms with van der Waals surface area (Å²) in [6, 6.07) is 0. The van der Waals surface area contributed by atoms with Gasteiger partial charge in [-0.15, -0.1) is 0 Å². The Kier molecular flexibility index (Phi) is 43.9. The summed E-state index contributed by atoms with van der Waals surface area (Å²) in [6.45, 7) is 0. The quantitative estimate of drug-likeness (QED) is 0.392. The SMILES string of the molecule is O.O=S(O)(O)=S.S.[H-].[H-].[Na+].[Na+]. The molecule has 0 saturated carbocycles. The third-order valence-electron chi connectivity index (χ3n) is 0. The second kappa shape index (κ2) is 13.2. The van der Waals surface area contributed by atoms with Crippen molar-refractivity contribution < 1.29 is 80.8 Å². The van der Waals surface area contributed by atoms with Gasteiger partial charge in [0.15, 0.2) is 0 Å². The zero-order valence-corrected chi connectivity index (χ0v) is 11.8. The van der Waals surface area contributed by atoms with Crippen molar-refractivity contribution in [1.29, 1.82) is 0 Å². The minimum absolute atomic E-state index is 0. The Balaban J connectivity index is -0.00000000533. The molecule has 0 aromatic carbocycles. The van der Waals surface area contributed by atoms with Crippen LogP contribution in [0.5, 0.6) is 0 Å². The summed E-state index contributed by atoms with van der Waals surface area (Å²) in [5, 5.41) is 0. The summed E-state index contributed by atoms with van der Waals surface area (Å²) < 4.78 is 24.0. The minimum atomic E-state index is -3.83. The third kappa shape index (κ3) is 116. The van der Waals surface area contributed by atoms with E-state index in [-0.39, 0.29) is 80.9 Å². The van der Waals surface area contributed by atoms with E-state index in [1.54, 1.807) is 0 Å². The molecule has 0 radical (unpaired) electrons. The first-order valence-electron chi connectivity index (χ1n) is 0.698. The molecule has 0 unspecified atom stereocenters. The summed E-state index contributed by atoms with van der Waals surface area (Å²) in [5.74, 6) is 0. The first kappa shape index (κ1) is 29.9. The summed E-state index contributed by atoms with van der Waals surface area (Å²) in [5.41, 5.74) is 0. The number of rotatable bonds is 0. The van der Waals surface area contributed by atoms with E-state index in [9.17, 15) is 0 Å². The molecule has 0 aliphatic heterocycles. The Hall–Kier alpha value is 2.60. The molecule has 52 valence electrons. The van der Waals surface area contributed by atoms with Gasteiger partial charge in [0.05, 0.1) is 0 Å². The van der Waals surface area contributed by atoms with Crippen LogP contribution >= 0.6 is 13.5 Å². The van der Waals surface area contributed by atoms with E-state index in [2.05, 4.69) is 11.2 Å². The van der Waals surface area contributed by atoms with Crippen molar-refractivity contribution in [2.75, 3.05) is 0 Å². The van der Waals surface area contributed by atoms with Crippen LogP contribution in [-0.2, 0) is 20.2 Å². The molecule has 4 nitrogen and oxygen atoms in total. The summed E-state index contributed by atoms with van der Waals surface area (Å²) in [7, 11) is -3.83. The molecule has 0 fully saturated rings. The van der Waals surface area contributed by atoms with Crippen LogP contribution in [-0.4, -0.2) is 18.8 Å². The van der Waals surface area contributed by atoms with Crippen LogP contribution in [0.1, 0.15) is 2.85 Å². The number of hydrogen-bond donors (Lipinski definition) is 2. The fraction of sp³-hybridized carbons (Fsp3) is 0. The standard InChI is InChI=1S/2Na.H2O3S2.H2O.H2S.2H/c;;1-5(2,3)4;;;;/h;;(H2,1,2,3,4);2*1H2;;/q2*+1;;;;2*-1. The van der Waals surface area contributed by atoms with Crippen molar-refractivity contribution in [3.05, 3.63) is 0 Å². The summed E-state index contributed by atoms with van der Waals surface area (Å²) in [4.78, 5) is 0. The second-order valence-corrected chi connectivity index (χ2v) is 2.65. The Morgan fingerprint density at radius 3 is 1.33 bits per heavy atom. The Labute approximate surface area is 113 Å². The van der Waals surface area contributed by atoms with Gasteiger partial charge < -0.3 is 8.33 Å². The average molecular weight is 214 g/mol. The molecular formula is H8Na2O4S3. The third-order valence-corrected chi connectivity index (χ3v) is 0. The predicted molar refractivity (Wildman–Crippen MR) is 37.0 cm³/mol. The smallest absolute Gasteiger partial charge is 1.00 e. The summed E-state index contributed by atoms with van der Waals surface area (Å²) in [6.07, 6.45) is 0. The minimum Gasteiger partial charge on any atom is -1.00 e. The van der Waals surface area contributed by atoms with Gasteiger partial charge in [0, 0.05) is 11.2 Å². The van der Waals surface area contributed by atoms with Gasteiger partial charge in [-0.25, -0.2) is 0 Å². The molecule has 0 aromatic rings. The average Bonchev–Trinajstić information content (AvgIpc) is 0.722. The van der Waals surface area contributed by atoms with E-state index in [1.807, 2.05) is 0 Å². The summed E-state index contributed by atoms with van der Waals surface area (Å²) >= 11 is 3.47. The van der Waals surface area contributed by atoms with E-state index in [4.69, 9.17) is 13.3 Å². The van der Waals surface area contributed by atoms with Gasteiger partial charge in [0.1, 0.15) is 0 Å². The van der Waals surface area contributed by atoms with Crippen LogP contribution in [0.3, 0.4) is 0 Å². The topological polar surface area (TPSA) is 89.0 Å². The van der Waals surface area contributed by atoms with Crippen molar-refractivity contribution in [2.45, 2.75) is 0 Å². The molecule has 0 amide bonds. The fourth-order valence-corrected chi connectivity index (χ4v) is 0. The van der Waals surface area contributed by atoms with Crippen LogP contribution < -0.4 is 59.1 Å². The maximum atomic E-state index is 9.11. The van der Waals surface area contributed by atoms with E-state index >= 15 is 0 Å². The van der Waals surface area contributed by atoms with Crippen LogP contribution in [0, 0.1) is 0 Å². The van der Waals surface area contributed by atoms with E-state index in [0.717, 1.165) is 0 Å². The Bertz CT molecular complexity index is 105. The maximum Gasteiger partial charge on any atom is 1.00 e. The molecule has 0 aliphatic rings. The second-order valence-electron chi connectivity index (χ2n) is 0.448.